The lowest BCUT2D eigenvalue weighted by Gasteiger charge is -2.13. The number of imidazole rings is 1. The molecule has 0 radical (unpaired) electrons. The van der Waals surface area contributed by atoms with E-state index in [1.165, 1.54) is 29.4 Å². The highest BCUT2D eigenvalue weighted by atomic mass is 32.2. The molecular weight excluding hydrogens is 192 g/mol. The Morgan fingerprint density at radius 1 is 1.38 bits per heavy atom. The van der Waals surface area contributed by atoms with Crippen molar-refractivity contribution >= 4 is 16.5 Å². The molecule has 70 valence electrons. The molecule has 0 fully saturated rings. The Morgan fingerprint density at radius 3 is 2.77 bits per heavy atom. The topological polar surface area (TPSA) is 67.6 Å². The van der Waals surface area contributed by atoms with E-state index in [2.05, 4.69) is 9.98 Å². The zero-order valence-corrected chi connectivity index (χ0v) is 7.55. The van der Waals surface area contributed by atoms with Gasteiger partial charge in [-0.2, -0.15) is 8.42 Å². The summed E-state index contributed by atoms with van der Waals surface area (Å²) >= 11 is 0. The van der Waals surface area contributed by atoms with E-state index in [1.54, 1.807) is 0 Å². The molecule has 7 heteroatoms. The van der Waals surface area contributed by atoms with Crippen LogP contribution in [0, 0.1) is 0 Å². The molecule has 0 unspecified atom stereocenters. The third-order valence-corrected chi connectivity index (χ3v) is 3.32. The highest BCUT2D eigenvalue weighted by molar-refractivity contribution is 7.88. The quantitative estimate of drug-likeness (QED) is 0.635. The van der Waals surface area contributed by atoms with Gasteiger partial charge in [-0.25, -0.2) is 13.3 Å². The summed E-state index contributed by atoms with van der Waals surface area (Å²) in [7, 11) is -3.46. The first kappa shape index (κ1) is 8.24. The van der Waals surface area contributed by atoms with Gasteiger partial charge >= 0.3 is 10.2 Å². The summed E-state index contributed by atoms with van der Waals surface area (Å²) in [6, 6.07) is 0. The zero-order chi connectivity index (χ0) is 9.31. The van der Waals surface area contributed by atoms with Crippen LogP contribution in [0.1, 0.15) is 0 Å². The van der Waals surface area contributed by atoms with Crippen LogP contribution in [-0.2, 0) is 10.2 Å². The molecule has 13 heavy (non-hydrogen) atoms. The summed E-state index contributed by atoms with van der Waals surface area (Å²) in [4.78, 5) is 7.50. The van der Waals surface area contributed by atoms with E-state index in [4.69, 9.17) is 0 Å². The van der Waals surface area contributed by atoms with E-state index < -0.39 is 10.2 Å². The third kappa shape index (κ3) is 1.31. The average Bonchev–Trinajstić information content (AvgIpc) is 2.78. The second-order valence-electron chi connectivity index (χ2n) is 2.53. The Hall–Kier alpha value is -1.37. The van der Waals surface area contributed by atoms with E-state index in [0.717, 1.165) is 3.97 Å². The van der Waals surface area contributed by atoms with Crippen molar-refractivity contribution in [1.82, 2.24) is 13.3 Å². The van der Waals surface area contributed by atoms with Crippen LogP contribution < -0.4 is 0 Å². The maximum atomic E-state index is 11.7. The smallest absolute Gasteiger partial charge is 0.273 e. The molecule has 0 amide bonds. The fourth-order valence-corrected chi connectivity index (χ4v) is 2.16. The highest BCUT2D eigenvalue weighted by Crippen LogP contribution is 2.05. The molecule has 2 heterocycles. The molecular formula is C6H8N4O2S. The molecule has 2 rings (SSSR count). The van der Waals surface area contributed by atoms with Crippen molar-refractivity contribution in [3.05, 3.63) is 18.7 Å². The molecule has 1 aromatic heterocycles. The summed E-state index contributed by atoms with van der Waals surface area (Å²) in [5.41, 5.74) is 0. The monoisotopic (exact) mass is 200 g/mol. The predicted molar refractivity (Wildman–Crippen MR) is 46.6 cm³/mol. The molecule has 0 saturated heterocycles. The van der Waals surface area contributed by atoms with E-state index in [1.807, 2.05) is 0 Å². The lowest BCUT2D eigenvalue weighted by Crippen LogP contribution is -2.32. The molecule has 1 aromatic rings. The summed E-state index contributed by atoms with van der Waals surface area (Å²) < 4.78 is 25.6. The molecule has 0 N–H and O–H groups in total. The van der Waals surface area contributed by atoms with Crippen molar-refractivity contribution in [2.45, 2.75) is 0 Å². The van der Waals surface area contributed by atoms with Gasteiger partial charge in [0.15, 0.2) is 0 Å². The number of aromatic nitrogens is 2. The van der Waals surface area contributed by atoms with Gasteiger partial charge in [-0.1, -0.05) is 0 Å². The summed E-state index contributed by atoms with van der Waals surface area (Å²) in [6.07, 6.45) is 5.39. The van der Waals surface area contributed by atoms with Crippen molar-refractivity contribution in [1.29, 1.82) is 0 Å². The second kappa shape index (κ2) is 2.84. The number of aliphatic imine (C=N–C) groups is 1. The maximum absolute atomic E-state index is 11.7. The standard InChI is InChI=1S/C6H8N4O2S/c11-13(12,9-3-1-7-5-9)10-4-2-8-6-10/h1,3,5-6H,2,4H2. The minimum atomic E-state index is -3.46. The maximum Gasteiger partial charge on any atom is 0.331 e. The normalized spacial score (nSPS) is 16.8. The lowest BCUT2D eigenvalue weighted by molar-refractivity contribution is 0.531. The van der Waals surface area contributed by atoms with Gasteiger partial charge in [0.1, 0.15) is 12.7 Å². The average molecular weight is 200 g/mol. The van der Waals surface area contributed by atoms with Gasteiger partial charge in [0.25, 0.3) is 0 Å². The van der Waals surface area contributed by atoms with Crippen molar-refractivity contribution < 1.29 is 8.42 Å². The fourth-order valence-electron chi connectivity index (χ4n) is 1.04. The van der Waals surface area contributed by atoms with Crippen LogP contribution >= 0.6 is 0 Å². The number of nitrogens with zero attached hydrogens (tertiary/aromatic N) is 4. The Balaban J connectivity index is 2.36. The summed E-state index contributed by atoms with van der Waals surface area (Å²) in [5, 5.41) is 0. The van der Waals surface area contributed by atoms with Crippen molar-refractivity contribution in [2.24, 2.45) is 4.99 Å². The first-order chi connectivity index (χ1) is 6.21. The second-order valence-corrected chi connectivity index (χ2v) is 4.32. The molecule has 0 aliphatic carbocycles. The van der Waals surface area contributed by atoms with Crippen LogP contribution in [0.5, 0.6) is 0 Å². The third-order valence-electron chi connectivity index (χ3n) is 1.70. The molecule has 6 nitrogen and oxygen atoms in total. The fraction of sp³-hybridized carbons (Fsp3) is 0.333. The van der Waals surface area contributed by atoms with E-state index in [-0.39, 0.29) is 0 Å². The van der Waals surface area contributed by atoms with Gasteiger partial charge in [-0.3, -0.25) is 4.99 Å². The van der Waals surface area contributed by atoms with Gasteiger partial charge in [0.2, 0.25) is 0 Å². The molecule has 0 atom stereocenters. The first-order valence-electron chi connectivity index (χ1n) is 3.71. The number of hydrogen-bond donors (Lipinski definition) is 0. The number of rotatable bonds is 2. The molecule has 0 aromatic carbocycles. The molecule has 1 aliphatic rings. The van der Waals surface area contributed by atoms with Crippen LogP contribution in [-0.4, -0.2) is 41.1 Å². The van der Waals surface area contributed by atoms with Crippen molar-refractivity contribution in [3.63, 3.8) is 0 Å². The van der Waals surface area contributed by atoms with Crippen LogP contribution in [0.2, 0.25) is 0 Å². The SMILES string of the molecule is O=S(=O)(N1C=NCC1)n1ccnc1. The van der Waals surface area contributed by atoms with Crippen molar-refractivity contribution in [3.8, 4) is 0 Å². The van der Waals surface area contributed by atoms with Gasteiger partial charge < -0.3 is 0 Å². The van der Waals surface area contributed by atoms with Crippen molar-refractivity contribution in [2.75, 3.05) is 13.1 Å². The molecule has 0 bridgehead atoms. The minimum Gasteiger partial charge on any atom is -0.273 e. The first-order valence-corrected chi connectivity index (χ1v) is 5.11. The largest absolute Gasteiger partial charge is 0.331 e. The Bertz CT molecular complexity index is 408. The molecule has 0 spiro atoms. The van der Waals surface area contributed by atoms with Crippen LogP contribution in [0.25, 0.3) is 0 Å². The summed E-state index contributed by atoms with van der Waals surface area (Å²) in [5.74, 6) is 0. The molecule has 1 aliphatic heterocycles. The van der Waals surface area contributed by atoms with E-state index >= 15 is 0 Å². The van der Waals surface area contributed by atoms with E-state index in [9.17, 15) is 8.42 Å². The lowest BCUT2D eigenvalue weighted by atomic mass is 10.7. The summed E-state index contributed by atoms with van der Waals surface area (Å²) in [6.45, 7) is 0.925. The Morgan fingerprint density at radius 2 is 2.23 bits per heavy atom. The highest BCUT2D eigenvalue weighted by Gasteiger charge is 2.22. The van der Waals surface area contributed by atoms with Crippen LogP contribution in [0.15, 0.2) is 23.7 Å². The van der Waals surface area contributed by atoms with Crippen LogP contribution in [0.4, 0.5) is 0 Å². The molecule has 0 saturated carbocycles. The zero-order valence-electron chi connectivity index (χ0n) is 6.74. The Kier molecular flexibility index (Phi) is 1.80. The van der Waals surface area contributed by atoms with Gasteiger partial charge in [-0.05, 0) is 0 Å². The predicted octanol–water partition coefficient (Wildman–Crippen LogP) is -0.680. The van der Waals surface area contributed by atoms with Gasteiger partial charge in [-0.15, -0.1) is 0 Å². The van der Waals surface area contributed by atoms with Gasteiger partial charge in [0.05, 0.1) is 13.1 Å². The van der Waals surface area contributed by atoms with Gasteiger partial charge in [0, 0.05) is 12.4 Å². The minimum absolute atomic E-state index is 0.403. The Labute approximate surface area is 75.7 Å². The van der Waals surface area contributed by atoms with Crippen LogP contribution in [0.3, 0.4) is 0 Å². The van der Waals surface area contributed by atoms with E-state index in [0.29, 0.717) is 13.1 Å². The number of hydrogen-bond acceptors (Lipinski definition) is 4.